The second-order valence-electron chi connectivity index (χ2n) is 6.04. The molecule has 5 heteroatoms. The number of aromatic nitrogens is 1. The predicted molar refractivity (Wildman–Crippen MR) is 80.4 cm³/mol. The fraction of sp³-hybridized carbons (Fsp3) is 0.733. The second-order valence-corrected chi connectivity index (χ2v) is 6.96. The minimum absolute atomic E-state index is 0.138. The average Bonchev–Trinajstić information content (AvgIpc) is 3.00. The lowest BCUT2D eigenvalue weighted by Gasteiger charge is -2.38. The fourth-order valence-electron chi connectivity index (χ4n) is 3.54. The van der Waals surface area contributed by atoms with E-state index in [-0.39, 0.29) is 18.0 Å². The maximum absolute atomic E-state index is 12.9. The maximum Gasteiger partial charge on any atom is 0.226 e. The lowest BCUT2D eigenvalue weighted by molar-refractivity contribution is -0.140. The van der Waals surface area contributed by atoms with Gasteiger partial charge in [0.05, 0.1) is 6.04 Å². The smallest absolute Gasteiger partial charge is 0.226 e. The van der Waals surface area contributed by atoms with E-state index in [1.807, 2.05) is 11.6 Å². The fourth-order valence-corrected chi connectivity index (χ4v) is 4.32. The molecule has 3 unspecified atom stereocenters. The number of rotatable bonds is 2. The molecule has 20 heavy (non-hydrogen) atoms. The number of hydrogen-bond donors (Lipinski definition) is 1. The summed E-state index contributed by atoms with van der Waals surface area (Å²) in [5.74, 6) is 0.458. The zero-order valence-corrected chi connectivity index (χ0v) is 12.6. The van der Waals surface area contributed by atoms with Crippen molar-refractivity contribution < 1.29 is 4.79 Å². The van der Waals surface area contributed by atoms with Gasteiger partial charge in [0.2, 0.25) is 5.91 Å². The molecule has 1 amide bonds. The standard InChI is InChI=1S/C15H23N3OS/c16-12-5-3-4-11(10-12)15(19)18-8-2-1-6-13(18)14-17-7-9-20-14/h7,9,11-13H,1-6,8,10,16H2. The Labute approximate surface area is 124 Å². The molecule has 1 aliphatic heterocycles. The molecule has 1 aliphatic carbocycles. The molecule has 2 aliphatic rings. The summed E-state index contributed by atoms with van der Waals surface area (Å²) >= 11 is 1.67. The third kappa shape index (κ3) is 2.88. The first kappa shape index (κ1) is 14.0. The average molecular weight is 293 g/mol. The van der Waals surface area contributed by atoms with Crippen LogP contribution in [0, 0.1) is 5.92 Å². The molecule has 2 N–H and O–H groups in total. The molecule has 0 spiro atoms. The zero-order chi connectivity index (χ0) is 13.9. The summed E-state index contributed by atoms with van der Waals surface area (Å²) in [7, 11) is 0. The highest BCUT2D eigenvalue weighted by Crippen LogP contribution is 2.35. The van der Waals surface area contributed by atoms with Crippen LogP contribution in [-0.4, -0.2) is 28.4 Å². The summed E-state index contributed by atoms with van der Waals surface area (Å²) < 4.78 is 0. The number of thiazole rings is 1. The van der Waals surface area contributed by atoms with Crippen molar-refractivity contribution in [2.24, 2.45) is 11.7 Å². The Balaban J connectivity index is 1.74. The summed E-state index contributed by atoms with van der Waals surface area (Å²) in [4.78, 5) is 19.4. The van der Waals surface area contributed by atoms with Gasteiger partial charge in [-0.2, -0.15) is 0 Å². The van der Waals surface area contributed by atoms with Crippen molar-refractivity contribution in [3.8, 4) is 0 Å². The van der Waals surface area contributed by atoms with Gasteiger partial charge in [-0.25, -0.2) is 4.98 Å². The topological polar surface area (TPSA) is 59.2 Å². The van der Waals surface area contributed by atoms with Gasteiger partial charge in [-0.3, -0.25) is 4.79 Å². The summed E-state index contributed by atoms with van der Waals surface area (Å²) in [5.41, 5.74) is 6.04. The van der Waals surface area contributed by atoms with Gasteiger partial charge >= 0.3 is 0 Å². The van der Waals surface area contributed by atoms with E-state index in [9.17, 15) is 4.79 Å². The number of nitrogens with two attached hydrogens (primary N) is 1. The van der Waals surface area contributed by atoms with Crippen LogP contribution >= 0.6 is 11.3 Å². The highest BCUT2D eigenvalue weighted by Gasteiger charge is 2.35. The van der Waals surface area contributed by atoms with Crippen LogP contribution in [0.3, 0.4) is 0 Å². The molecule has 3 rings (SSSR count). The van der Waals surface area contributed by atoms with Crippen molar-refractivity contribution in [1.29, 1.82) is 0 Å². The number of carbonyl (C=O) groups excluding carboxylic acids is 1. The van der Waals surface area contributed by atoms with E-state index in [2.05, 4.69) is 9.88 Å². The minimum Gasteiger partial charge on any atom is -0.333 e. The van der Waals surface area contributed by atoms with Crippen LogP contribution in [-0.2, 0) is 4.79 Å². The molecular formula is C15H23N3OS. The largest absolute Gasteiger partial charge is 0.333 e. The van der Waals surface area contributed by atoms with Gasteiger partial charge in [0.15, 0.2) is 0 Å². The SMILES string of the molecule is NC1CCCC(C(=O)N2CCCCC2c2nccs2)C1. The highest BCUT2D eigenvalue weighted by atomic mass is 32.1. The quantitative estimate of drug-likeness (QED) is 0.912. The molecule has 0 aromatic carbocycles. The van der Waals surface area contributed by atoms with Gasteiger partial charge in [-0.1, -0.05) is 6.42 Å². The Morgan fingerprint density at radius 1 is 1.30 bits per heavy atom. The first-order chi connectivity index (χ1) is 9.75. The van der Waals surface area contributed by atoms with Gasteiger partial charge in [-0.15, -0.1) is 11.3 Å². The van der Waals surface area contributed by atoms with Crippen LogP contribution in [0.4, 0.5) is 0 Å². The van der Waals surface area contributed by atoms with Crippen molar-refractivity contribution >= 4 is 17.2 Å². The van der Waals surface area contributed by atoms with E-state index in [1.54, 1.807) is 11.3 Å². The third-order valence-corrected chi connectivity index (χ3v) is 5.46. The van der Waals surface area contributed by atoms with Gasteiger partial charge in [-0.05, 0) is 38.5 Å². The van der Waals surface area contributed by atoms with Crippen molar-refractivity contribution in [3.05, 3.63) is 16.6 Å². The highest BCUT2D eigenvalue weighted by molar-refractivity contribution is 7.09. The number of likely N-dealkylation sites (tertiary alicyclic amines) is 1. The molecule has 4 nitrogen and oxygen atoms in total. The van der Waals surface area contributed by atoms with E-state index in [4.69, 9.17) is 5.73 Å². The molecule has 0 radical (unpaired) electrons. The molecule has 2 heterocycles. The lowest BCUT2D eigenvalue weighted by atomic mass is 9.84. The summed E-state index contributed by atoms with van der Waals surface area (Å²) in [6.07, 6.45) is 9.23. The van der Waals surface area contributed by atoms with E-state index < -0.39 is 0 Å². The van der Waals surface area contributed by atoms with Gasteiger partial charge in [0.1, 0.15) is 5.01 Å². The Bertz CT molecular complexity index is 448. The molecule has 0 bridgehead atoms. The first-order valence-electron chi connectivity index (χ1n) is 7.71. The number of piperidine rings is 1. The minimum atomic E-state index is 0.138. The van der Waals surface area contributed by atoms with Crippen molar-refractivity contribution in [2.75, 3.05) is 6.54 Å². The molecule has 3 atom stereocenters. The van der Waals surface area contributed by atoms with Crippen molar-refractivity contribution in [2.45, 2.75) is 57.0 Å². The van der Waals surface area contributed by atoms with E-state index in [0.29, 0.717) is 5.91 Å². The normalized spacial score (nSPS) is 31.2. The molecule has 2 fully saturated rings. The van der Waals surface area contributed by atoms with Crippen LogP contribution < -0.4 is 5.73 Å². The molecule has 1 saturated heterocycles. The van der Waals surface area contributed by atoms with E-state index in [1.165, 1.54) is 6.42 Å². The summed E-state index contributed by atoms with van der Waals surface area (Å²) in [5, 5.41) is 3.10. The van der Waals surface area contributed by atoms with Gasteiger partial charge in [0.25, 0.3) is 0 Å². The summed E-state index contributed by atoms with van der Waals surface area (Å²) in [6, 6.07) is 0.412. The van der Waals surface area contributed by atoms with Crippen LogP contribution in [0.5, 0.6) is 0 Å². The molecule has 1 saturated carbocycles. The van der Waals surface area contributed by atoms with Crippen molar-refractivity contribution in [1.82, 2.24) is 9.88 Å². The number of hydrogen-bond acceptors (Lipinski definition) is 4. The Kier molecular flexibility index (Phi) is 4.36. The predicted octanol–water partition coefficient (Wildman–Crippen LogP) is 2.71. The Morgan fingerprint density at radius 2 is 2.20 bits per heavy atom. The number of nitrogens with zero attached hydrogens (tertiary/aromatic N) is 2. The van der Waals surface area contributed by atoms with E-state index in [0.717, 1.165) is 50.1 Å². The van der Waals surface area contributed by atoms with Crippen LogP contribution in [0.25, 0.3) is 0 Å². The summed E-state index contributed by atoms with van der Waals surface area (Å²) in [6.45, 7) is 0.884. The molecule has 1 aromatic heterocycles. The molecular weight excluding hydrogens is 270 g/mol. The van der Waals surface area contributed by atoms with Crippen molar-refractivity contribution in [3.63, 3.8) is 0 Å². The van der Waals surface area contributed by atoms with Gasteiger partial charge in [0, 0.05) is 30.1 Å². The number of amides is 1. The monoisotopic (exact) mass is 293 g/mol. The van der Waals surface area contributed by atoms with Gasteiger partial charge < -0.3 is 10.6 Å². The third-order valence-electron chi connectivity index (χ3n) is 4.59. The molecule has 1 aromatic rings. The number of carbonyl (C=O) groups is 1. The van der Waals surface area contributed by atoms with E-state index >= 15 is 0 Å². The molecule has 110 valence electrons. The maximum atomic E-state index is 12.9. The second kappa shape index (κ2) is 6.22. The first-order valence-corrected chi connectivity index (χ1v) is 8.59. The zero-order valence-electron chi connectivity index (χ0n) is 11.8. The van der Waals surface area contributed by atoms with Crippen LogP contribution in [0.2, 0.25) is 0 Å². The lowest BCUT2D eigenvalue weighted by Crippen LogP contribution is -2.44. The van der Waals surface area contributed by atoms with Crippen LogP contribution in [0.1, 0.15) is 56.0 Å². The Hall–Kier alpha value is -0.940. The Morgan fingerprint density at radius 3 is 2.95 bits per heavy atom. The van der Waals surface area contributed by atoms with Crippen LogP contribution in [0.15, 0.2) is 11.6 Å².